The maximum Gasteiger partial charge on any atom is 0.257 e. The molecule has 1 aromatic heterocycles. The first-order valence-electron chi connectivity index (χ1n) is 7.33. The van der Waals surface area contributed by atoms with Crippen molar-refractivity contribution < 1.29 is 4.79 Å². The molecular formula is C14H25N5O. The molecule has 0 spiro atoms. The zero-order valence-corrected chi connectivity index (χ0v) is 12.5. The Balaban J connectivity index is 1.96. The summed E-state index contributed by atoms with van der Waals surface area (Å²) in [6, 6.07) is 0. The Morgan fingerprint density at radius 1 is 1.35 bits per heavy atom. The number of amides is 1. The first-order chi connectivity index (χ1) is 9.63. The van der Waals surface area contributed by atoms with Crippen LogP contribution in [-0.2, 0) is 7.05 Å². The monoisotopic (exact) mass is 279 g/mol. The molecule has 2 rings (SSSR count). The van der Waals surface area contributed by atoms with E-state index in [0.29, 0.717) is 0 Å². The number of hydrogen-bond acceptors (Lipinski definition) is 4. The number of carbonyl (C=O) groups is 1. The van der Waals surface area contributed by atoms with Crippen LogP contribution in [0.5, 0.6) is 0 Å². The SMILES string of the molecule is Cc1c(C(=O)N2CCCN(CCCN)CC2)cnn1C. The third-order valence-electron chi connectivity index (χ3n) is 4.02. The minimum atomic E-state index is 0.108. The van der Waals surface area contributed by atoms with Gasteiger partial charge in [-0.3, -0.25) is 9.48 Å². The molecule has 0 bridgehead atoms. The molecule has 1 aliphatic rings. The Morgan fingerprint density at radius 3 is 2.80 bits per heavy atom. The summed E-state index contributed by atoms with van der Waals surface area (Å²) in [5.41, 5.74) is 7.21. The summed E-state index contributed by atoms with van der Waals surface area (Å²) in [5, 5.41) is 4.16. The largest absolute Gasteiger partial charge is 0.337 e. The first kappa shape index (κ1) is 15.0. The normalized spacial score (nSPS) is 17.2. The number of carbonyl (C=O) groups excluding carboxylic acids is 1. The standard InChI is InChI=1S/C14H25N5O/c1-12-13(11-16-17(12)2)14(20)19-8-4-7-18(9-10-19)6-3-5-15/h11H,3-10,15H2,1-2H3. The van der Waals surface area contributed by atoms with E-state index in [1.165, 1.54) is 0 Å². The second-order valence-corrected chi connectivity index (χ2v) is 5.40. The molecule has 0 unspecified atom stereocenters. The third kappa shape index (κ3) is 3.37. The minimum Gasteiger partial charge on any atom is -0.337 e. The predicted octanol–water partition coefficient (Wildman–Crippen LogP) is 0.225. The van der Waals surface area contributed by atoms with Crippen molar-refractivity contribution in [3.8, 4) is 0 Å². The van der Waals surface area contributed by atoms with Crippen molar-refractivity contribution in [3.63, 3.8) is 0 Å². The predicted molar refractivity (Wildman–Crippen MR) is 78.6 cm³/mol. The molecule has 0 aliphatic carbocycles. The van der Waals surface area contributed by atoms with Crippen LogP contribution in [0.3, 0.4) is 0 Å². The zero-order valence-electron chi connectivity index (χ0n) is 12.5. The molecule has 2 N–H and O–H groups in total. The lowest BCUT2D eigenvalue weighted by atomic mass is 10.2. The molecule has 0 saturated carbocycles. The van der Waals surface area contributed by atoms with E-state index in [4.69, 9.17) is 5.73 Å². The number of nitrogens with two attached hydrogens (primary N) is 1. The lowest BCUT2D eigenvalue weighted by Crippen LogP contribution is -2.35. The van der Waals surface area contributed by atoms with Gasteiger partial charge in [-0.25, -0.2) is 0 Å². The van der Waals surface area contributed by atoms with E-state index >= 15 is 0 Å². The average molecular weight is 279 g/mol. The fraction of sp³-hybridized carbons (Fsp3) is 0.714. The Morgan fingerprint density at radius 2 is 2.15 bits per heavy atom. The van der Waals surface area contributed by atoms with Gasteiger partial charge in [-0.1, -0.05) is 0 Å². The van der Waals surface area contributed by atoms with Crippen LogP contribution in [0.1, 0.15) is 28.9 Å². The fourth-order valence-corrected chi connectivity index (χ4v) is 2.59. The van der Waals surface area contributed by atoms with E-state index in [9.17, 15) is 4.79 Å². The van der Waals surface area contributed by atoms with Gasteiger partial charge in [0.2, 0.25) is 0 Å². The lowest BCUT2D eigenvalue weighted by Gasteiger charge is -2.21. The highest BCUT2D eigenvalue weighted by molar-refractivity contribution is 5.95. The summed E-state index contributed by atoms with van der Waals surface area (Å²) in [7, 11) is 1.86. The van der Waals surface area contributed by atoms with Gasteiger partial charge in [0.15, 0.2) is 0 Å². The summed E-state index contributed by atoms with van der Waals surface area (Å²) >= 11 is 0. The van der Waals surface area contributed by atoms with Crippen molar-refractivity contribution in [2.75, 3.05) is 39.3 Å². The van der Waals surface area contributed by atoms with Crippen LogP contribution in [0.15, 0.2) is 6.20 Å². The highest BCUT2D eigenvalue weighted by Gasteiger charge is 2.22. The van der Waals surface area contributed by atoms with Gasteiger partial charge in [-0.2, -0.15) is 5.10 Å². The molecule has 0 atom stereocenters. The van der Waals surface area contributed by atoms with E-state index < -0.39 is 0 Å². The zero-order chi connectivity index (χ0) is 14.5. The number of aryl methyl sites for hydroxylation is 1. The molecule has 0 aromatic carbocycles. The van der Waals surface area contributed by atoms with E-state index in [1.54, 1.807) is 10.9 Å². The molecule has 1 aliphatic heterocycles. The van der Waals surface area contributed by atoms with Crippen molar-refractivity contribution in [2.24, 2.45) is 12.8 Å². The molecular weight excluding hydrogens is 254 g/mol. The second kappa shape index (κ2) is 6.85. The molecule has 1 amide bonds. The van der Waals surface area contributed by atoms with Gasteiger partial charge in [0.05, 0.1) is 11.8 Å². The Kier molecular flexibility index (Phi) is 5.14. The summed E-state index contributed by atoms with van der Waals surface area (Å²) < 4.78 is 1.75. The maximum atomic E-state index is 12.5. The van der Waals surface area contributed by atoms with Gasteiger partial charge in [-0.15, -0.1) is 0 Å². The third-order valence-corrected chi connectivity index (χ3v) is 4.02. The minimum absolute atomic E-state index is 0.108. The Labute approximate surface area is 120 Å². The number of rotatable bonds is 4. The lowest BCUT2D eigenvalue weighted by molar-refractivity contribution is 0.0760. The quantitative estimate of drug-likeness (QED) is 0.856. The number of nitrogens with zero attached hydrogens (tertiary/aromatic N) is 4. The second-order valence-electron chi connectivity index (χ2n) is 5.40. The van der Waals surface area contributed by atoms with Crippen LogP contribution in [0.25, 0.3) is 0 Å². The summed E-state index contributed by atoms with van der Waals surface area (Å²) in [6.45, 7) is 7.30. The highest BCUT2D eigenvalue weighted by Crippen LogP contribution is 2.12. The molecule has 20 heavy (non-hydrogen) atoms. The number of aromatic nitrogens is 2. The summed E-state index contributed by atoms with van der Waals surface area (Å²) in [6.07, 6.45) is 3.72. The maximum absolute atomic E-state index is 12.5. The number of hydrogen-bond donors (Lipinski definition) is 1. The van der Waals surface area contributed by atoms with Gasteiger partial charge < -0.3 is 15.5 Å². The van der Waals surface area contributed by atoms with E-state index in [0.717, 1.165) is 63.4 Å². The van der Waals surface area contributed by atoms with Gasteiger partial charge in [0, 0.05) is 32.4 Å². The van der Waals surface area contributed by atoms with Crippen LogP contribution in [0.2, 0.25) is 0 Å². The summed E-state index contributed by atoms with van der Waals surface area (Å²) in [5.74, 6) is 0.108. The van der Waals surface area contributed by atoms with Crippen LogP contribution in [0, 0.1) is 6.92 Å². The molecule has 2 heterocycles. The van der Waals surface area contributed by atoms with E-state index in [2.05, 4.69) is 10.00 Å². The first-order valence-corrected chi connectivity index (χ1v) is 7.33. The van der Waals surface area contributed by atoms with Crippen LogP contribution in [-0.4, -0.2) is 64.8 Å². The molecule has 1 saturated heterocycles. The van der Waals surface area contributed by atoms with Crippen LogP contribution < -0.4 is 5.73 Å². The summed E-state index contributed by atoms with van der Waals surface area (Å²) in [4.78, 5) is 16.9. The van der Waals surface area contributed by atoms with Gasteiger partial charge in [-0.05, 0) is 39.4 Å². The van der Waals surface area contributed by atoms with Crippen molar-refractivity contribution in [1.29, 1.82) is 0 Å². The molecule has 1 aromatic rings. The molecule has 0 radical (unpaired) electrons. The molecule has 112 valence electrons. The molecule has 1 fully saturated rings. The van der Waals surface area contributed by atoms with E-state index in [-0.39, 0.29) is 5.91 Å². The Hall–Kier alpha value is -1.40. The molecule has 6 heteroatoms. The van der Waals surface area contributed by atoms with Gasteiger partial charge in [0.25, 0.3) is 5.91 Å². The Bertz CT molecular complexity index is 456. The fourth-order valence-electron chi connectivity index (χ4n) is 2.59. The topological polar surface area (TPSA) is 67.4 Å². The average Bonchev–Trinajstić information content (AvgIpc) is 2.68. The van der Waals surface area contributed by atoms with Crippen molar-refractivity contribution in [2.45, 2.75) is 19.8 Å². The van der Waals surface area contributed by atoms with Gasteiger partial charge >= 0.3 is 0 Å². The van der Waals surface area contributed by atoms with Crippen LogP contribution >= 0.6 is 0 Å². The smallest absolute Gasteiger partial charge is 0.257 e. The van der Waals surface area contributed by atoms with Crippen molar-refractivity contribution in [1.82, 2.24) is 19.6 Å². The van der Waals surface area contributed by atoms with E-state index in [1.807, 2.05) is 18.9 Å². The van der Waals surface area contributed by atoms with Gasteiger partial charge in [0.1, 0.15) is 0 Å². The van der Waals surface area contributed by atoms with Crippen molar-refractivity contribution >= 4 is 5.91 Å². The highest BCUT2D eigenvalue weighted by atomic mass is 16.2. The van der Waals surface area contributed by atoms with Crippen LogP contribution in [0.4, 0.5) is 0 Å². The van der Waals surface area contributed by atoms with Crippen molar-refractivity contribution in [3.05, 3.63) is 17.5 Å². The molecule has 6 nitrogen and oxygen atoms in total.